The molecule has 0 atom stereocenters. The van der Waals surface area contributed by atoms with Gasteiger partial charge in [0.1, 0.15) is 5.82 Å². The van der Waals surface area contributed by atoms with Crippen molar-refractivity contribution in [3.63, 3.8) is 0 Å². The first kappa shape index (κ1) is 10.3. The lowest BCUT2D eigenvalue weighted by molar-refractivity contribution is 0.591. The Bertz CT molecular complexity index is 528. The molecule has 2 aliphatic carbocycles. The molecular weight excluding hydrogens is 227 g/mol. The summed E-state index contributed by atoms with van der Waals surface area (Å²) in [5.41, 5.74) is 0.701. The molecule has 2 nitrogen and oxygen atoms in total. The maximum Gasteiger partial charge on any atom is 0.181 e. The summed E-state index contributed by atoms with van der Waals surface area (Å²) in [6.07, 6.45) is 3.47. The minimum atomic E-state index is -3.18. The highest BCUT2D eigenvalue weighted by Crippen LogP contribution is 2.45. The topological polar surface area (TPSA) is 34.1 Å². The van der Waals surface area contributed by atoms with Crippen LogP contribution in [0.25, 0.3) is 0 Å². The van der Waals surface area contributed by atoms with E-state index in [9.17, 15) is 12.8 Å². The second-order valence-electron chi connectivity index (χ2n) is 4.70. The van der Waals surface area contributed by atoms with Crippen LogP contribution in [-0.2, 0) is 9.84 Å². The molecule has 3 rings (SSSR count). The van der Waals surface area contributed by atoms with E-state index in [4.69, 9.17) is 0 Å². The third-order valence-corrected chi connectivity index (χ3v) is 5.59. The van der Waals surface area contributed by atoms with Crippen molar-refractivity contribution < 1.29 is 12.8 Å². The molecule has 1 aromatic carbocycles. The first-order chi connectivity index (χ1) is 7.59. The lowest BCUT2D eigenvalue weighted by Crippen LogP contribution is -2.10. The Morgan fingerprint density at radius 2 is 1.81 bits per heavy atom. The second kappa shape index (κ2) is 3.29. The SMILES string of the molecule is O=S(=O)(c1ccc(F)cc1C1CC1)C1CC1. The Labute approximate surface area is 94.4 Å². The average Bonchev–Trinajstić information content (AvgIpc) is 3.08. The van der Waals surface area contributed by atoms with Crippen LogP contribution < -0.4 is 0 Å². The van der Waals surface area contributed by atoms with Crippen LogP contribution in [-0.4, -0.2) is 13.7 Å². The summed E-state index contributed by atoms with van der Waals surface area (Å²) in [5, 5.41) is -0.213. The van der Waals surface area contributed by atoms with E-state index >= 15 is 0 Å². The van der Waals surface area contributed by atoms with Gasteiger partial charge in [-0.3, -0.25) is 0 Å². The minimum absolute atomic E-state index is 0.213. The van der Waals surface area contributed by atoms with Crippen molar-refractivity contribution in [1.29, 1.82) is 0 Å². The molecule has 2 aliphatic rings. The zero-order chi connectivity index (χ0) is 11.3. The van der Waals surface area contributed by atoms with Crippen LogP contribution in [0.3, 0.4) is 0 Å². The molecule has 0 N–H and O–H groups in total. The molecule has 1 aromatic rings. The molecule has 2 saturated carbocycles. The van der Waals surface area contributed by atoms with Gasteiger partial charge in [-0.25, -0.2) is 12.8 Å². The highest BCUT2D eigenvalue weighted by molar-refractivity contribution is 7.92. The number of hydrogen-bond donors (Lipinski definition) is 0. The molecule has 0 amide bonds. The smallest absolute Gasteiger partial charge is 0.181 e. The van der Waals surface area contributed by atoms with Crippen LogP contribution in [0.15, 0.2) is 23.1 Å². The van der Waals surface area contributed by atoms with Gasteiger partial charge in [0.15, 0.2) is 9.84 Å². The van der Waals surface area contributed by atoms with E-state index in [0.717, 1.165) is 25.7 Å². The molecule has 0 radical (unpaired) electrons. The summed E-state index contributed by atoms with van der Waals surface area (Å²) in [4.78, 5) is 0.374. The zero-order valence-corrected chi connectivity index (χ0v) is 9.63. The minimum Gasteiger partial charge on any atom is -0.223 e. The van der Waals surface area contributed by atoms with Crippen LogP contribution in [0, 0.1) is 5.82 Å². The van der Waals surface area contributed by atoms with E-state index in [1.54, 1.807) is 0 Å². The van der Waals surface area contributed by atoms with Gasteiger partial charge in [-0.2, -0.15) is 0 Å². The number of hydrogen-bond acceptors (Lipinski definition) is 2. The maximum atomic E-state index is 13.1. The molecular formula is C12H13FO2S. The Balaban J connectivity index is 2.12. The van der Waals surface area contributed by atoms with E-state index in [1.165, 1.54) is 18.2 Å². The fraction of sp³-hybridized carbons (Fsp3) is 0.500. The van der Waals surface area contributed by atoms with Crippen molar-refractivity contribution in [3.8, 4) is 0 Å². The second-order valence-corrected chi connectivity index (χ2v) is 6.90. The van der Waals surface area contributed by atoms with Crippen molar-refractivity contribution in [2.24, 2.45) is 0 Å². The Hall–Kier alpha value is -0.900. The van der Waals surface area contributed by atoms with Gasteiger partial charge in [0.05, 0.1) is 10.1 Å². The molecule has 4 heteroatoms. The van der Waals surface area contributed by atoms with E-state index in [2.05, 4.69) is 0 Å². The van der Waals surface area contributed by atoms with Gasteiger partial charge in [0.2, 0.25) is 0 Å². The molecule has 0 unspecified atom stereocenters. The molecule has 2 fully saturated rings. The van der Waals surface area contributed by atoms with Gasteiger partial charge in [0.25, 0.3) is 0 Å². The highest BCUT2D eigenvalue weighted by Gasteiger charge is 2.40. The van der Waals surface area contributed by atoms with Crippen LogP contribution in [0.1, 0.15) is 37.2 Å². The van der Waals surface area contributed by atoms with Crippen molar-refractivity contribution >= 4 is 9.84 Å². The van der Waals surface area contributed by atoms with Gasteiger partial charge in [0, 0.05) is 0 Å². The zero-order valence-electron chi connectivity index (χ0n) is 8.82. The third kappa shape index (κ3) is 1.65. The summed E-state index contributed by atoms with van der Waals surface area (Å²) in [5.74, 6) is -0.0733. The van der Waals surface area contributed by atoms with Gasteiger partial charge in [-0.05, 0) is 55.4 Å². The Kier molecular flexibility index (Phi) is 2.11. The molecule has 0 aliphatic heterocycles. The quantitative estimate of drug-likeness (QED) is 0.761. The van der Waals surface area contributed by atoms with Crippen LogP contribution in [0.2, 0.25) is 0 Å². The monoisotopic (exact) mass is 240 g/mol. The van der Waals surface area contributed by atoms with Gasteiger partial charge < -0.3 is 0 Å². The lowest BCUT2D eigenvalue weighted by atomic mass is 10.1. The summed E-state index contributed by atoms with van der Waals surface area (Å²) in [6, 6.07) is 4.09. The van der Waals surface area contributed by atoms with Crippen molar-refractivity contribution in [2.75, 3.05) is 0 Å². The van der Waals surface area contributed by atoms with E-state index in [-0.39, 0.29) is 17.0 Å². The number of halogens is 1. The van der Waals surface area contributed by atoms with Crippen LogP contribution in [0.5, 0.6) is 0 Å². The first-order valence-corrected chi connectivity index (χ1v) is 7.17. The normalized spacial score (nSPS) is 21.1. The summed E-state index contributed by atoms with van der Waals surface area (Å²) in [7, 11) is -3.18. The standard InChI is InChI=1S/C12H13FO2S/c13-9-3-6-12(11(7-9)8-1-2-8)16(14,15)10-4-5-10/h3,6-8,10H,1-2,4-5H2. The number of rotatable bonds is 3. The molecule has 0 heterocycles. The fourth-order valence-corrected chi connectivity index (χ4v) is 3.98. The first-order valence-electron chi connectivity index (χ1n) is 5.62. The summed E-state index contributed by atoms with van der Waals surface area (Å²) in [6.45, 7) is 0. The third-order valence-electron chi connectivity index (χ3n) is 3.26. The largest absolute Gasteiger partial charge is 0.223 e. The van der Waals surface area contributed by atoms with Crippen molar-refractivity contribution in [1.82, 2.24) is 0 Å². The molecule has 0 bridgehead atoms. The molecule has 0 saturated heterocycles. The lowest BCUT2D eigenvalue weighted by Gasteiger charge is -2.09. The number of sulfone groups is 1. The van der Waals surface area contributed by atoms with Gasteiger partial charge >= 0.3 is 0 Å². The summed E-state index contributed by atoms with van der Waals surface area (Å²) < 4.78 is 37.4. The van der Waals surface area contributed by atoms with E-state index in [0.29, 0.717) is 10.5 Å². The maximum absolute atomic E-state index is 13.1. The van der Waals surface area contributed by atoms with Gasteiger partial charge in [-0.1, -0.05) is 0 Å². The van der Waals surface area contributed by atoms with E-state index in [1.807, 2.05) is 0 Å². The number of benzene rings is 1. The predicted octanol–water partition coefficient (Wildman–Crippen LogP) is 2.64. The Morgan fingerprint density at radius 1 is 1.12 bits per heavy atom. The molecule has 16 heavy (non-hydrogen) atoms. The van der Waals surface area contributed by atoms with E-state index < -0.39 is 9.84 Å². The predicted molar refractivity (Wildman–Crippen MR) is 58.6 cm³/mol. The van der Waals surface area contributed by atoms with Crippen LogP contribution >= 0.6 is 0 Å². The van der Waals surface area contributed by atoms with Crippen LogP contribution in [0.4, 0.5) is 4.39 Å². The molecule has 0 spiro atoms. The van der Waals surface area contributed by atoms with Gasteiger partial charge in [-0.15, -0.1) is 0 Å². The summed E-state index contributed by atoms with van der Waals surface area (Å²) >= 11 is 0. The molecule has 86 valence electrons. The van der Waals surface area contributed by atoms with Crippen molar-refractivity contribution in [3.05, 3.63) is 29.6 Å². The highest BCUT2D eigenvalue weighted by atomic mass is 32.2. The van der Waals surface area contributed by atoms with Crippen molar-refractivity contribution in [2.45, 2.75) is 41.7 Å². The fourth-order valence-electron chi connectivity index (χ4n) is 2.05. The molecule has 0 aromatic heterocycles. The average molecular weight is 240 g/mol. The Morgan fingerprint density at radius 3 is 2.38 bits per heavy atom.